The monoisotopic (exact) mass is 327 g/mol. The van der Waals surface area contributed by atoms with Gasteiger partial charge in [0.2, 0.25) is 0 Å². The zero-order chi connectivity index (χ0) is 14.4. The Balaban J connectivity index is 2.75. The smallest absolute Gasteiger partial charge is 0.126 e. The topological polar surface area (TPSA) is 44.5 Å². The summed E-state index contributed by atoms with van der Waals surface area (Å²) in [7, 11) is 1.73. The molecule has 1 saturated heterocycles. The van der Waals surface area contributed by atoms with Crippen LogP contribution in [0.3, 0.4) is 0 Å². The van der Waals surface area contributed by atoms with Gasteiger partial charge in [-0.05, 0) is 44.4 Å². The molecule has 1 aliphatic rings. The minimum absolute atomic E-state index is 0.0304. The van der Waals surface area contributed by atoms with E-state index in [0.717, 1.165) is 10.2 Å². The first kappa shape index (κ1) is 14.8. The van der Waals surface area contributed by atoms with Gasteiger partial charge >= 0.3 is 0 Å². The quantitative estimate of drug-likeness (QED) is 0.928. The van der Waals surface area contributed by atoms with E-state index >= 15 is 0 Å². The largest absolute Gasteiger partial charge is 0.496 e. The van der Waals surface area contributed by atoms with Gasteiger partial charge in [0, 0.05) is 16.1 Å². The molecule has 2 N–H and O–H groups in total. The zero-order valence-corrected chi connectivity index (χ0v) is 13.8. The molecule has 0 bridgehead atoms. The summed E-state index contributed by atoms with van der Waals surface area (Å²) in [5, 5.41) is 0. The van der Waals surface area contributed by atoms with Gasteiger partial charge in [-0.3, -0.25) is 0 Å². The van der Waals surface area contributed by atoms with E-state index in [4.69, 9.17) is 15.2 Å². The van der Waals surface area contributed by atoms with Crippen LogP contribution in [0.25, 0.3) is 0 Å². The van der Waals surface area contributed by atoms with Crippen LogP contribution in [-0.4, -0.2) is 26.4 Å². The molecule has 106 valence electrons. The maximum atomic E-state index is 6.24. The third-order valence-electron chi connectivity index (χ3n) is 4.46. The average molecular weight is 328 g/mol. The van der Waals surface area contributed by atoms with Crippen LogP contribution in [0.5, 0.6) is 5.75 Å². The van der Waals surface area contributed by atoms with Gasteiger partial charge in [0.1, 0.15) is 5.75 Å². The number of benzene rings is 1. The fourth-order valence-electron chi connectivity index (χ4n) is 2.90. The predicted molar refractivity (Wildman–Crippen MR) is 81.1 cm³/mol. The summed E-state index contributed by atoms with van der Waals surface area (Å²) in [5.74, 6) is 0.957. The number of ether oxygens (including phenoxy) is 2. The van der Waals surface area contributed by atoms with E-state index in [2.05, 4.69) is 36.7 Å². The minimum Gasteiger partial charge on any atom is -0.496 e. The van der Waals surface area contributed by atoms with Crippen LogP contribution >= 0.6 is 15.9 Å². The van der Waals surface area contributed by atoms with Crippen LogP contribution in [-0.2, 0) is 10.2 Å². The Labute approximate surface area is 123 Å². The lowest BCUT2D eigenvalue weighted by atomic mass is 9.70. The molecule has 4 heteroatoms. The van der Waals surface area contributed by atoms with Crippen LogP contribution in [0, 0.1) is 20.8 Å². The lowest BCUT2D eigenvalue weighted by Gasteiger charge is -2.46. The number of rotatable bonds is 3. The Morgan fingerprint density at radius 1 is 1.21 bits per heavy atom. The number of halogens is 1. The fraction of sp³-hybridized carbons (Fsp3) is 0.600. The molecular formula is C15H22BrNO2. The molecule has 2 rings (SSSR count). The van der Waals surface area contributed by atoms with Gasteiger partial charge < -0.3 is 15.2 Å². The molecular weight excluding hydrogens is 306 g/mol. The van der Waals surface area contributed by atoms with Crippen molar-refractivity contribution in [1.82, 2.24) is 0 Å². The van der Waals surface area contributed by atoms with Crippen molar-refractivity contribution in [3.63, 3.8) is 0 Å². The molecule has 0 saturated carbocycles. The molecule has 1 aromatic carbocycles. The number of methoxy groups -OCH3 is 1. The highest BCUT2D eigenvalue weighted by Crippen LogP contribution is 2.46. The third kappa shape index (κ3) is 2.01. The summed E-state index contributed by atoms with van der Waals surface area (Å²) in [6.45, 7) is 9.69. The van der Waals surface area contributed by atoms with E-state index in [1.807, 2.05) is 6.92 Å². The molecule has 1 heterocycles. The van der Waals surface area contributed by atoms with E-state index in [0.29, 0.717) is 13.2 Å². The summed E-state index contributed by atoms with van der Waals surface area (Å²) in [6, 6.07) is 0.0304. The summed E-state index contributed by atoms with van der Waals surface area (Å²) < 4.78 is 12.3. The normalized spacial score (nSPS) is 18.9. The minimum atomic E-state index is -0.129. The molecule has 1 aromatic rings. The van der Waals surface area contributed by atoms with Gasteiger partial charge in [-0.25, -0.2) is 0 Å². The van der Waals surface area contributed by atoms with Crippen LogP contribution in [0.15, 0.2) is 4.47 Å². The highest BCUT2D eigenvalue weighted by molar-refractivity contribution is 9.10. The van der Waals surface area contributed by atoms with E-state index in [1.165, 1.54) is 22.3 Å². The highest BCUT2D eigenvalue weighted by atomic mass is 79.9. The van der Waals surface area contributed by atoms with E-state index in [9.17, 15) is 0 Å². The van der Waals surface area contributed by atoms with Gasteiger partial charge in [-0.2, -0.15) is 0 Å². The summed E-state index contributed by atoms with van der Waals surface area (Å²) in [5.41, 5.74) is 10.9. The molecule has 1 fully saturated rings. The Kier molecular flexibility index (Phi) is 3.96. The van der Waals surface area contributed by atoms with Crippen molar-refractivity contribution < 1.29 is 9.47 Å². The summed E-state index contributed by atoms with van der Waals surface area (Å²) in [4.78, 5) is 0. The number of hydrogen-bond acceptors (Lipinski definition) is 3. The first-order chi connectivity index (χ1) is 8.86. The Hall–Kier alpha value is -0.580. The molecule has 0 radical (unpaired) electrons. The van der Waals surface area contributed by atoms with Gasteiger partial charge in [-0.15, -0.1) is 0 Å². The standard InChI is InChI=1S/C15H22BrNO2/c1-8-9(2)14(18-5)12(10(3)13(8)16)15(11(4)17)6-19-7-15/h11H,6-7,17H2,1-5H3. The lowest BCUT2D eigenvalue weighted by Crippen LogP contribution is -2.58. The van der Waals surface area contributed by atoms with Crippen molar-refractivity contribution in [1.29, 1.82) is 0 Å². The van der Waals surface area contributed by atoms with Crippen LogP contribution < -0.4 is 10.5 Å². The van der Waals surface area contributed by atoms with Crippen molar-refractivity contribution in [2.75, 3.05) is 20.3 Å². The molecule has 0 aliphatic carbocycles. The highest BCUT2D eigenvalue weighted by Gasteiger charge is 2.47. The predicted octanol–water partition coefficient (Wildman–Crippen LogP) is 3.00. The van der Waals surface area contributed by atoms with E-state index < -0.39 is 0 Å². The van der Waals surface area contributed by atoms with Gasteiger partial charge in [0.05, 0.1) is 25.7 Å². The molecule has 1 atom stereocenters. The van der Waals surface area contributed by atoms with Crippen molar-refractivity contribution in [3.8, 4) is 5.75 Å². The van der Waals surface area contributed by atoms with Gasteiger partial charge in [0.15, 0.2) is 0 Å². The van der Waals surface area contributed by atoms with Crippen molar-refractivity contribution in [3.05, 3.63) is 26.7 Å². The second kappa shape index (κ2) is 5.08. The maximum absolute atomic E-state index is 6.24. The van der Waals surface area contributed by atoms with Gasteiger partial charge in [-0.1, -0.05) is 15.9 Å². The molecule has 0 amide bonds. The Morgan fingerprint density at radius 3 is 2.16 bits per heavy atom. The molecule has 19 heavy (non-hydrogen) atoms. The second-order valence-electron chi connectivity index (χ2n) is 5.53. The zero-order valence-electron chi connectivity index (χ0n) is 12.3. The SMILES string of the molecule is COc1c(C)c(C)c(Br)c(C)c1C1(C(C)N)COC1. The first-order valence-electron chi connectivity index (χ1n) is 6.54. The molecule has 0 spiro atoms. The molecule has 1 unspecified atom stereocenters. The summed E-state index contributed by atoms with van der Waals surface area (Å²) in [6.07, 6.45) is 0. The summed E-state index contributed by atoms with van der Waals surface area (Å²) >= 11 is 3.70. The average Bonchev–Trinajstić information content (AvgIpc) is 2.31. The number of nitrogens with two attached hydrogens (primary N) is 1. The molecule has 3 nitrogen and oxygen atoms in total. The fourth-order valence-corrected chi connectivity index (χ4v) is 3.39. The Morgan fingerprint density at radius 2 is 1.79 bits per heavy atom. The van der Waals surface area contributed by atoms with Crippen LogP contribution in [0.2, 0.25) is 0 Å². The van der Waals surface area contributed by atoms with E-state index in [-0.39, 0.29) is 11.5 Å². The van der Waals surface area contributed by atoms with Crippen molar-refractivity contribution >= 4 is 15.9 Å². The van der Waals surface area contributed by atoms with Gasteiger partial charge in [0.25, 0.3) is 0 Å². The van der Waals surface area contributed by atoms with Crippen LogP contribution in [0.4, 0.5) is 0 Å². The molecule has 1 aliphatic heterocycles. The Bertz CT molecular complexity index is 508. The van der Waals surface area contributed by atoms with Crippen molar-refractivity contribution in [2.45, 2.75) is 39.2 Å². The van der Waals surface area contributed by atoms with Crippen LogP contribution in [0.1, 0.15) is 29.2 Å². The molecule has 0 aromatic heterocycles. The number of hydrogen-bond donors (Lipinski definition) is 1. The van der Waals surface area contributed by atoms with Crippen molar-refractivity contribution in [2.24, 2.45) is 5.73 Å². The second-order valence-corrected chi connectivity index (χ2v) is 6.33. The first-order valence-corrected chi connectivity index (χ1v) is 7.33. The van der Waals surface area contributed by atoms with E-state index in [1.54, 1.807) is 7.11 Å². The maximum Gasteiger partial charge on any atom is 0.126 e. The lowest BCUT2D eigenvalue weighted by molar-refractivity contribution is -0.0714. The third-order valence-corrected chi connectivity index (χ3v) is 5.65.